The number of carbonyl (C=O) groups is 2. The van der Waals surface area contributed by atoms with Gasteiger partial charge in [-0.05, 0) is 31.5 Å². The van der Waals surface area contributed by atoms with Gasteiger partial charge in [-0.1, -0.05) is 11.8 Å². The molecule has 8 heteroatoms. The minimum atomic E-state index is -0.472. The van der Waals surface area contributed by atoms with E-state index in [0.717, 1.165) is 10.9 Å². The van der Waals surface area contributed by atoms with E-state index < -0.39 is 11.6 Å². The molecular formula is C19H19NO6S. The number of amides is 1. The van der Waals surface area contributed by atoms with Crippen LogP contribution in [-0.2, 0) is 14.3 Å². The average molecular weight is 389 g/mol. The van der Waals surface area contributed by atoms with Gasteiger partial charge >= 0.3 is 11.6 Å². The van der Waals surface area contributed by atoms with E-state index in [1.54, 1.807) is 19.1 Å². The van der Waals surface area contributed by atoms with E-state index in [4.69, 9.17) is 13.9 Å². The normalized spacial score (nSPS) is 15.6. The standard InChI is InChI=1S/C19H19NO6S/c1-3-24-18(22)10-17-20(16(21)11-27-17)6-7-25-13-4-5-14-12(2)8-19(23)26-15(14)9-13/h4-5,8-10H,3,6-7,11H2,1-2H3/b17-10+. The van der Waals surface area contributed by atoms with Gasteiger partial charge in [-0.25, -0.2) is 9.59 Å². The van der Waals surface area contributed by atoms with E-state index in [-0.39, 0.29) is 24.9 Å². The summed E-state index contributed by atoms with van der Waals surface area (Å²) in [6.07, 6.45) is 1.33. The fourth-order valence-corrected chi connectivity index (χ4v) is 3.66. The maximum Gasteiger partial charge on any atom is 0.336 e. The SMILES string of the molecule is CCOC(=O)/C=C1/SCC(=O)N1CCOc1ccc2c(C)cc(=O)oc2c1. The molecule has 1 fully saturated rings. The van der Waals surface area contributed by atoms with Crippen molar-refractivity contribution in [2.45, 2.75) is 13.8 Å². The molecule has 1 aliphatic rings. The molecule has 0 radical (unpaired) electrons. The summed E-state index contributed by atoms with van der Waals surface area (Å²) in [4.78, 5) is 36.7. The van der Waals surface area contributed by atoms with E-state index in [1.165, 1.54) is 28.8 Å². The molecule has 0 saturated carbocycles. The van der Waals surface area contributed by atoms with Crippen molar-refractivity contribution < 1.29 is 23.5 Å². The first-order chi connectivity index (χ1) is 13.0. The first-order valence-corrected chi connectivity index (χ1v) is 9.45. The van der Waals surface area contributed by atoms with Crippen LogP contribution in [0, 0.1) is 6.92 Å². The van der Waals surface area contributed by atoms with E-state index in [9.17, 15) is 14.4 Å². The smallest absolute Gasteiger partial charge is 0.336 e. The molecule has 1 amide bonds. The molecular weight excluding hydrogens is 370 g/mol. The quantitative estimate of drug-likeness (QED) is 0.426. The van der Waals surface area contributed by atoms with Crippen LogP contribution in [0.1, 0.15) is 12.5 Å². The Morgan fingerprint density at radius 1 is 1.33 bits per heavy atom. The lowest BCUT2D eigenvalue weighted by Crippen LogP contribution is -2.29. The highest BCUT2D eigenvalue weighted by Gasteiger charge is 2.27. The fourth-order valence-electron chi connectivity index (χ4n) is 2.70. The minimum absolute atomic E-state index is 0.0840. The van der Waals surface area contributed by atoms with Crippen LogP contribution >= 0.6 is 11.8 Å². The Bertz CT molecular complexity index is 964. The summed E-state index contributed by atoms with van der Waals surface area (Å²) in [6.45, 7) is 4.37. The van der Waals surface area contributed by atoms with Gasteiger partial charge in [-0.2, -0.15) is 0 Å². The molecule has 0 N–H and O–H groups in total. The Kier molecular flexibility index (Phi) is 5.85. The average Bonchev–Trinajstić information content (AvgIpc) is 2.95. The van der Waals surface area contributed by atoms with Gasteiger partial charge in [0.05, 0.1) is 30.0 Å². The maximum absolute atomic E-state index is 12.0. The third kappa shape index (κ3) is 4.51. The molecule has 1 aliphatic heterocycles. The van der Waals surface area contributed by atoms with Crippen molar-refractivity contribution >= 4 is 34.6 Å². The zero-order valence-electron chi connectivity index (χ0n) is 15.0. The Balaban J connectivity index is 1.66. The van der Waals surface area contributed by atoms with Crippen molar-refractivity contribution in [2.24, 2.45) is 0 Å². The zero-order valence-corrected chi connectivity index (χ0v) is 15.8. The van der Waals surface area contributed by atoms with E-state index in [2.05, 4.69) is 0 Å². The lowest BCUT2D eigenvalue weighted by molar-refractivity contribution is -0.137. The highest BCUT2D eigenvalue weighted by Crippen LogP contribution is 2.29. The van der Waals surface area contributed by atoms with Gasteiger partial charge in [0.1, 0.15) is 17.9 Å². The Hall–Kier alpha value is -2.74. The van der Waals surface area contributed by atoms with Crippen LogP contribution in [-0.4, -0.2) is 42.3 Å². The van der Waals surface area contributed by atoms with Gasteiger partial charge in [0.2, 0.25) is 5.91 Å². The molecule has 1 aromatic heterocycles. The van der Waals surface area contributed by atoms with E-state index >= 15 is 0 Å². The van der Waals surface area contributed by atoms with Gasteiger partial charge in [0.15, 0.2) is 0 Å². The molecule has 27 heavy (non-hydrogen) atoms. The first-order valence-electron chi connectivity index (χ1n) is 8.47. The van der Waals surface area contributed by atoms with Crippen molar-refractivity contribution in [3.8, 4) is 5.75 Å². The number of rotatable bonds is 6. The second-order valence-corrected chi connectivity index (χ2v) is 6.82. The Morgan fingerprint density at radius 3 is 2.93 bits per heavy atom. The molecule has 1 aromatic carbocycles. The van der Waals surface area contributed by atoms with Gasteiger partial charge in [-0.15, -0.1) is 0 Å². The van der Waals surface area contributed by atoms with Gasteiger partial charge < -0.3 is 18.8 Å². The molecule has 2 heterocycles. The third-order valence-corrected chi connectivity index (χ3v) is 4.97. The third-order valence-electron chi connectivity index (χ3n) is 3.94. The summed E-state index contributed by atoms with van der Waals surface area (Å²) >= 11 is 1.30. The number of hydrogen-bond donors (Lipinski definition) is 0. The summed E-state index contributed by atoms with van der Waals surface area (Å²) in [5.41, 5.74) is 0.875. The van der Waals surface area contributed by atoms with Crippen molar-refractivity contribution in [3.63, 3.8) is 0 Å². The lowest BCUT2D eigenvalue weighted by Gasteiger charge is -2.17. The number of benzene rings is 1. The second-order valence-electron chi connectivity index (χ2n) is 5.82. The van der Waals surface area contributed by atoms with Crippen LogP contribution in [0.25, 0.3) is 11.0 Å². The Morgan fingerprint density at radius 2 is 2.15 bits per heavy atom. The van der Waals surface area contributed by atoms with Gasteiger partial charge in [0, 0.05) is 17.5 Å². The van der Waals surface area contributed by atoms with Crippen LogP contribution in [0.5, 0.6) is 5.75 Å². The van der Waals surface area contributed by atoms with Crippen LogP contribution < -0.4 is 10.4 Å². The number of nitrogens with zero attached hydrogens (tertiary/aromatic N) is 1. The van der Waals surface area contributed by atoms with Crippen molar-refractivity contribution in [1.29, 1.82) is 0 Å². The van der Waals surface area contributed by atoms with Crippen LogP contribution in [0.4, 0.5) is 0 Å². The molecule has 142 valence electrons. The number of aryl methyl sites for hydroxylation is 1. The highest BCUT2D eigenvalue weighted by molar-refractivity contribution is 8.04. The molecule has 0 bridgehead atoms. The van der Waals surface area contributed by atoms with Crippen molar-refractivity contribution in [3.05, 3.63) is 51.4 Å². The molecule has 0 aliphatic carbocycles. The lowest BCUT2D eigenvalue weighted by atomic mass is 10.1. The monoisotopic (exact) mass is 389 g/mol. The molecule has 7 nitrogen and oxygen atoms in total. The van der Waals surface area contributed by atoms with Gasteiger partial charge in [0.25, 0.3) is 0 Å². The predicted octanol–water partition coefficient (Wildman–Crippen LogP) is 2.46. The molecule has 0 spiro atoms. The summed E-state index contributed by atoms with van der Waals surface area (Å²) < 4.78 is 15.8. The van der Waals surface area contributed by atoms with E-state index in [1.807, 2.05) is 13.0 Å². The number of carbonyl (C=O) groups excluding carboxylic acids is 2. The zero-order chi connectivity index (χ0) is 19.4. The predicted molar refractivity (Wildman–Crippen MR) is 102 cm³/mol. The van der Waals surface area contributed by atoms with Crippen molar-refractivity contribution in [2.75, 3.05) is 25.5 Å². The number of fused-ring (bicyclic) bond motifs is 1. The topological polar surface area (TPSA) is 86.0 Å². The largest absolute Gasteiger partial charge is 0.492 e. The second kappa shape index (κ2) is 8.30. The maximum atomic E-state index is 12.0. The molecule has 0 unspecified atom stereocenters. The molecule has 1 saturated heterocycles. The van der Waals surface area contributed by atoms with Gasteiger partial charge in [-0.3, -0.25) is 4.79 Å². The Labute approximate surface area is 159 Å². The first kappa shape index (κ1) is 19.0. The van der Waals surface area contributed by atoms with Crippen molar-refractivity contribution in [1.82, 2.24) is 4.90 Å². The highest BCUT2D eigenvalue weighted by atomic mass is 32.2. The molecule has 0 atom stereocenters. The number of ether oxygens (including phenoxy) is 2. The molecule has 2 aromatic rings. The van der Waals surface area contributed by atoms with Crippen LogP contribution in [0.2, 0.25) is 0 Å². The number of thioether (sulfide) groups is 1. The minimum Gasteiger partial charge on any atom is -0.492 e. The fraction of sp³-hybridized carbons (Fsp3) is 0.316. The number of esters is 1. The summed E-state index contributed by atoms with van der Waals surface area (Å²) in [5.74, 6) is 0.261. The summed E-state index contributed by atoms with van der Waals surface area (Å²) in [6, 6.07) is 6.70. The number of hydrogen-bond acceptors (Lipinski definition) is 7. The van der Waals surface area contributed by atoms with Crippen LogP contribution in [0.15, 0.2) is 44.6 Å². The van der Waals surface area contributed by atoms with Crippen LogP contribution in [0.3, 0.4) is 0 Å². The van der Waals surface area contributed by atoms with E-state index in [0.29, 0.717) is 22.9 Å². The summed E-state index contributed by atoms with van der Waals surface area (Å²) in [7, 11) is 0. The summed E-state index contributed by atoms with van der Waals surface area (Å²) in [5, 5.41) is 1.40. The molecule has 3 rings (SSSR count).